The molecule has 0 saturated heterocycles. The lowest BCUT2D eigenvalue weighted by Gasteiger charge is -2.13. The summed E-state index contributed by atoms with van der Waals surface area (Å²) in [6.45, 7) is 8.28. The Labute approximate surface area is 150 Å². The number of nitrogens with one attached hydrogen (secondary N) is 1. The van der Waals surface area contributed by atoms with Gasteiger partial charge in [-0.05, 0) is 38.0 Å². The summed E-state index contributed by atoms with van der Waals surface area (Å²) in [5.74, 6) is 0. The van der Waals surface area contributed by atoms with Gasteiger partial charge in [-0.15, -0.1) is 0 Å². The number of rotatable bonds is 5. The van der Waals surface area contributed by atoms with E-state index >= 15 is 0 Å². The van der Waals surface area contributed by atoms with Crippen molar-refractivity contribution < 1.29 is 40.8 Å². The summed E-state index contributed by atoms with van der Waals surface area (Å²) in [5.41, 5.74) is -4.58. The maximum atomic E-state index is 10.7. The van der Waals surface area contributed by atoms with Crippen molar-refractivity contribution in [3.05, 3.63) is 35.9 Å². The largest absolute Gasteiger partial charge is 0.741 e. The molecule has 0 aliphatic carbocycles. The van der Waals surface area contributed by atoms with Crippen LogP contribution < -0.4 is 5.32 Å². The standard InChI is InChI=1S/C14H22N2O2.CHF3O3S/c1-11(2)15-14(17)16(12(3)4)18-10-13-8-6-5-7-9-13;2-1(3,4)8(5,6)7/h5-9,11-12H,10H2,1-4H3,(H,15,17);(H,5,6,7). The van der Waals surface area contributed by atoms with Crippen LogP contribution in [0.2, 0.25) is 0 Å². The number of nitrogens with zero attached hydrogens (tertiary/aromatic N) is 1. The van der Waals surface area contributed by atoms with E-state index in [1.807, 2.05) is 58.0 Å². The molecule has 2 N–H and O–H groups in total. The first-order valence-electron chi connectivity index (χ1n) is 7.56. The molecule has 1 aromatic rings. The van der Waals surface area contributed by atoms with Crippen molar-refractivity contribution in [2.24, 2.45) is 0 Å². The van der Waals surface area contributed by atoms with E-state index in [0.29, 0.717) is 6.61 Å². The number of aliphatic hydroxyl groups is 1. The van der Waals surface area contributed by atoms with Gasteiger partial charge in [0.05, 0.1) is 6.04 Å². The van der Waals surface area contributed by atoms with Crippen molar-refractivity contribution >= 4 is 16.1 Å². The van der Waals surface area contributed by atoms with Crippen molar-refractivity contribution in [2.75, 3.05) is 0 Å². The minimum atomic E-state index is -6.09. The highest BCUT2D eigenvalue weighted by Crippen LogP contribution is 2.20. The zero-order valence-electron chi connectivity index (χ0n) is 14.8. The van der Waals surface area contributed by atoms with Gasteiger partial charge in [0.25, 0.3) is 0 Å². The molecule has 0 aromatic heterocycles. The van der Waals surface area contributed by atoms with Gasteiger partial charge in [-0.1, -0.05) is 30.3 Å². The number of aliphatic hydroxyl groups excluding tert-OH is 1. The molecule has 0 fully saturated rings. The maximum Gasteiger partial charge on any atom is 0.485 e. The average Bonchev–Trinajstić information content (AvgIpc) is 2.46. The van der Waals surface area contributed by atoms with Crippen molar-refractivity contribution in [1.29, 1.82) is 0 Å². The van der Waals surface area contributed by atoms with Crippen molar-refractivity contribution in [1.82, 2.24) is 5.32 Å². The van der Waals surface area contributed by atoms with Gasteiger partial charge in [-0.25, -0.2) is 13.7 Å². The zero-order chi connectivity index (χ0) is 20.5. The van der Waals surface area contributed by atoms with Crippen LogP contribution in [0.5, 0.6) is 0 Å². The van der Waals surface area contributed by atoms with Crippen LogP contribution in [-0.4, -0.2) is 46.4 Å². The molecule has 11 heteroatoms. The van der Waals surface area contributed by atoms with Crippen LogP contribution in [0, 0.1) is 0 Å². The molecular formula is C15H23F3N2O5S. The molecule has 0 spiro atoms. The van der Waals surface area contributed by atoms with Gasteiger partial charge < -0.3 is 14.5 Å². The Kier molecular flexibility index (Phi) is 9.43. The number of halogens is 3. The molecule has 0 bridgehead atoms. The van der Waals surface area contributed by atoms with E-state index in [-0.39, 0.29) is 18.1 Å². The van der Waals surface area contributed by atoms with Gasteiger partial charge in [0, 0.05) is 0 Å². The molecule has 0 aliphatic rings. The Morgan fingerprint density at radius 2 is 1.69 bits per heavy atom. The molecular weight excluding hydrogens is 377 g/mol. The topological polar surface area (TPSA) is 102 Å². The second kappa shape index (κ2) is 10.2. The lowest BCUT2D eigenvalue weighted by Crippen LogP contribution is -2.40. The lowest BCUT2D eigenvalue weighted by atomic mass is 10.2. The Hall–Kier alpha value is -2.01. The summed E-state index contributed by atoms with van der Waals surface area (Å²) in [7, 11) is -6.09. The summed E-state index contributed by atoms with van der Waals surface area (Å²) in [6, 6.07) is 10.1. The Bertz CT molecular complexity index is 674. The highest BCUT2D eigenvalue weighted by molar-refractivity contribution is 7.86. The summed E-state index contributed by atoms with van der Waals surface area (Å²) in [6.07, 6.45) is 0. The molecule has 0 aliphatic heterocycles. The van der Waals surface area contributed by atoms with Crippen LogP contribution in [0.1, 0.15) is 33.3 Å². The minimum Gasteiger partial charge on any atom is -0.741 e. The van der Waals surface area contributed by atoms with E-state index < -0.39 is 15.6 Å². The third-order valence-electron chi connectivity index (χ3n) is 2.59. The Morgan fingerprint density at radius 1 is 1.23 bits per heavy atom. The lowest BCUT2D eigenvalue weighted by molar-refractivity contribution is -0.817. The van der Waals surface area contributed by atoms with Gasteiger partial charge in [0.2, 0.25) is 0 Å². The molecule has 0 radical (unpaired) electrons. The van der Waals surface area contributed by atoms with Gasteiger partial charge in [-0.2, -0.15) is 13.2 Å². The summed E-state index contributed by atoms with van der Waals surface area (Å²) >= 11 is 0. The van der Waals surface area contributed by atoms with E-state index in [9.17, 15) is 18.3 Å². The molecule has 150 valence electrons. The normalized spacial score (nSPS) is 13.0. The number of hydrogen-bond donors (Lipinski definition) is 2. The molecule has 0 atom stereocenters. The van der Waals surface area contributed by atoms with Crippen molar-refractivity contribution in [3.63, 3.8) is 0 Å². The molecule has 0 heterocycles. The van der Waals surface area contributed by atoms with Gasteiger partial charge in [0.15, 0.2) is 16.7 Å². The maximum absolute atomic E-state index is 10.7. The van der Waals surface area contributed by atoms with Crippen LogP contribution >= 0.6 is 0 Å². The summed E-state index contributed by atoms with van der Waals surface area (Å²) < 4.78 is 60.4. The molecule has 1 rings (SSSR count). The number of hydroxylamine groups is 1. The SMILES string of the molecule is CC(C)NC(O)=[N+](OCc1ccccc1)C(C)C.O=S(=O)([O-])C(F)(F)F. The van der Waals surface area contributed by atoms with Gasteiger partial charge >= 0.3 is 11.5 Å². The van der Waals surface area contributed by atoms with E-state index in [0.717, 1.165) is 5.56 Å². The summed E-state index contributed by atoms with van der Waals surface area (Å²) in [4.78, 5) is 5.64. The predicted molar refractivity (Wildman–Crippen MR) is 88.3 cm³/mol. The first kappa shape index (κ1) is 24.0. The Balaban J connectivity index is 0.000000660. The third kappa shape index (κ3) is 9.47. The molecule has 7 nitrogen and oxygen atoms in total. The fourth-order valence-corrected chi connectivity index (χ4v) is 1.49. The number of hydrogen-bond acceptors (Lipinski definition) is 4. The average molecular weight is 400 g/mol. The van der Waals surface area contributed by atoms with E-state index in [1.165, 1.54) is 4.74 Å². The zero-order valence-corrected chi connectivity index (χ0v) is 15.6. The number of amidine groups is 1. The fourth-order valence-electron chi connectivity index (χ4n) is 1.49. The summed E-state index contributed by atoms with van der Waals surface area (Å²) in [5, 5.41) is 12.9. The van der Waals surface area contributed by atoms with Crippen LogP contribution in [0.4, 0.5) is 13.2 Å². The second-order valence-electron chi connectivity index (χ2n) is 5.70. The van der Waals surface area contributed by atoms with Crippen LogP contribution in [0.15, 0.2) is 30.3 Å². The minimum absolute atomic E-state index is 0.0518. The second-order valence-corrected chi connectivity index (χ2v) is 7.07. The monoisotopic (exact) mass is 400 g/mol. The predicted octanol–water partition coefficient (Wildman–Crippen LogP) is 2.50. The molecule has 1 aromatic carbocycles. The quantitative estimate of drug-likeness (QED) is 0.197. The third-order valence-corrected chi connectivity index (χ3v) is 3.16. The van der Waals surface area contributed by atoms with E-state index in [1.54, 1.807) is 0 Å². The van der Waals surface area contributed by atoms with Gasteiger partial charge in [0.1, 0.15) is 6.04 Å². The molecule has 0 saturated carbocycles. The van der Waals surface area contributed by atoms with E-state index in [4.69, 9.17) is 17.8 Å². The Morgan fingerprint density at radius 3 is 2.04 bits per heavy atom. The van der Waals surface area contributed by atoms with Crippen LogP contribution in [-0.2, 0) is 21.6 Å². The fraction of sp³-hybridized carbons (Fsp3) is 0.533. The highest BCUT2D eigenvalue weighted by Gasteiger charge is 2.36. The first-order chi connectivity index (χ1) is 11.8. The molecule has 26 heavy (non-hydrogen) atoms. The van der Waals surface area contributed by atoms with E-state index in [2.05, 4.69) is 5.32 Å². The van der Waals surface area contributed by atoms with Gasteiger partial charge in [-0.3, -0.25) is 0 Å². The van der Waals surface area contributed by atoms with Crippen molar-refractivity contribution in [3.8, 4) is 0 Å². The van der Waals surface area contributed by atoms with Crippen LogP contribution in [0.25, 0.3) is 0 Å². The van der Waals surface area contributed by atoms with Crippen molar-refractivity contribution in [2.45, 2.75) is 51.9 Å². The first-order valence-corrected chi connectivity index (χ1v) is 8.97. The van der Waals surface area contributed by atoms with Crippen LogP contribution in [0.3, 0.4) is 0 Å². The highest BCUT2D eigenvalue weighted by atomic mass is 32.2. The smallest absolute Gasteiger partial charge is 0.485 e. The molecule has 0 unspecified atom stereocenters. The number of benzene rings is 1. The number of alkyl halides is 3. The molecule has 0 amide bonds.